The number of nitrogens with zero attached hydrogens (tertiary/aromatic N) is 2. The van der Waals surface area contributed by atoms with Gasteiger partial charge in [0.25, 0.3) is 5.91 Å². The van der Waals surface area contributed by atoms with Crippen LogP contribution in [0.25, 0.3) is 11.3 Å². The number of anilines is 1. The molecule has 1 aromatic carbocycles. The minimum Gasteiger partial charge on any atom is -0.459 e. The fraction of sp³-hybridized carbons (Fsp3) is 0.304. The smallest absolute Gasteiger partial charge is 0.416 e. The van der Waals surface area contributed by atoms with Crippen LogP contribution in [0.1, 0.15) is 34.7 Å². The van der Waals surface area contributed by atoms with Crippen molar-refractivity contribution in [3.05, 3.63) is 71.7 Å². The molecule has 4 rings (SSSR count). The lowest BCUT2D eigenvalue weighted by Crippen LogP contribution is -2.40. The quantitative estimate of drug-likeness (QED) is 0.602. The number of pyridine rings is 1. The highest BCUT2D eigenvalue weighted by Crippen LogP contribution is 2.31. The summed E-state index contributed by atoms with van der Waals surface area (Å²) in [6.07, 6.45) is -2.07. The second kappa shape index (κ2) is 9.04. The fourth-order valence-electron chi connectivity index (χ4n) is 3.53. The summed E-state index contributed by atoms with van der Waals surface area (Å²) in [5.41, 5.74) is 0.843. The number of hydrogen-bond acceptors (Lipinski definition) is 5. The number of carbonyl (C=O) groups excluding carboxylic acids is 1. The summed E-state index contributed by atoms with van der Waals surface area (Å²) in [5.74, 6) is 0.881. The maximum absolute atomic E-state index is 12.7. The number of aromatic nitrogens is 1. The largest absolute Gasteiger partial charge is 0.459 e. The number of hydrogen-bond donors (Lipinski definition) is 2. The van der Waals surface area contributed by atoms with Gasteiger partial charge in [0.15, 0.2) is 0 Å². The van der Waals surface area contributed by atoms with E-state index in [2.05, 4.69) is 10.3 Å². The number of nitrogens with one attached hydrogen (secondary N) is 1. The van der Waals surface area contributed by atoms with Crippen molar-refractivity contribution in [1.29, 1.82) is 0 Å². The van der Waals surface area contributed by atoms with Crippen molar-refractivity contribution in [2.75, 3.05) is 18.4 Å². The van der Waals surface area contributed by atoms with Gasteiger partial charge in [-0.1, -0.05) is 12.1 Å². The average molecular weight is 445 g/mol. The fourth-order valence-corrected chi connectivity index (χ4v) is 3.53. The molecule has 1 fully saturated rings. The standard InChI is InChI=1S/C23H22F3N3O3/c24-23(25,26)16-3-1-15(2-4-16)21-6-5-19(32-21)14-28-17-7-10-27-20(13-17)22(31)29-11-8-18(30)9-12-29/h1-7,10,13,18,30H,8-9,11-12,14H2,(H,27,28). The lowest BCUT2D eigenvalue weighted by Gasteiger charge is -2.29. The Balaban J connectivity index is 1.38. The monoisotopic (exact) mass is 445 g/mol. The van der Waals surface area contributed by atoms with Crippen molar-refractivity contribution < 1.29 is 27.5 Å². The van der Waals surface area contributed by atoms with E-state index in [9.17, 15) is 23.1 Å². The highest BCUT2D eigenvalue weighted by molar-refractivity contribution is 5.93. The number of likely N-dealkylation sites (tertiary alicyclic amines) is 1. The Morgan fingerprint density at radius 1 is 1.12 bits per heavy atom. The minimum absolute atomic E-state index is 0.178. The van der Waals surface area contributed by atoms with Crippen molar-refractivity contribution in [2.24, 2.45) is 0 Å². The average Bonchev–Trinajstić information content (AvgIpc) is 3.27. The zero-order valence-corrected chi connectivity index (χ0v) is 17.1. The molecular weight excluding hydrogens is 423 g/mol. The van der Waals surface area contributed by atoms with Crippen LogP contribution in [0.3, 0.4) is 0 Å². The molecule has 1 aliphatic rings. The third-order valence-electron chi connectivity index (χ3n) is 5.36. The molecule has 1 saturated heterocycles. The summed E-state index contributed by atoms with van der Waals surface area (Å²) >= 11 is 0. The molecule has 3 aromatic rings. The highest BCUT2D eigenvalue weighted by atomic mass is 19.4. The first kappa shape index (κ1) is 21.9. The summed E-state index contributed by atoms with van der Waals surface area (Å²) in [6, 6.07) is 11.6. The van der Waals surface area contributed by atoms with Crippen LogP contribution in [0, 0.1) is 0 Å². The molecule has 0 bridgehead atoms. The zero-order valence-electron chi connectivity index (χ0n) is 17.1. The molecule has 0 radical (unpaired) electrons. The summed E-state index contributed by atoms with van der Waals surface area (Å²) < 4.78 is 43.9. The molecule has 0 saturated carbocycles. The molecule has 0 spiro atoms. The lowest BCUT2D eigenvalue weighted by atomic mass is 10.1. The lowest BCUT2D eigenvalue weighted by molar-refractivity contribution is -0.137. The molecule has 1 amide bonds. The second-order valence-corrected chi connectivity index (χ2v) is 7.65. The molecule has 6 nitrogen and oxygen atoms in total. The molecule has 32 heavy (non-hydrogen) atoms. The topological polar surface area (TPSA) is 78.6 Å². The molecular formula is C23H22F3N3O3. The predicted molar refractivity (Wildman–Crippen MR) is 112 cm³/mol. The first-order valence-electron chi connectivity index (χ1n) is 10.2. The van der Waals surface area contributed by atoms with E-state index in [4.69, 9.17) is 4.42 Å². The summed E-state index contributed by atoms with van der Waals surface area (Å²) in [7, 11) is 0. The van der Waals surface area contributed by atoms with E-state index in [0.29, 0.717) is 60.9 Å². The van der Waals surface area contributed by atoms with E-state index in [-0.39, 0.29) is 12.0 Å². The number of alkyl halides is 3. The number of furan rings is 1. The van der Waals surface area contributed by atoms with Gasteiger partial charge in [-0.25, -0.2) is 0 Å². The van der Waals surface area contributed by atoms with E-state index in [1.54, 1.807) is 35.4 Å². The van der Waals surface area contributed by atoms with Crippen LogP contribution in [0.15, 0.2) is 59.1 Å². The number of carbonyl (C=O) groups is 1. The van der Waals surface area contributed by atoms with Gasteiger partial charge in [0, 0.05) is 30.5 Å². The number of amides is 1. The van der Waals surface area contributed by atoms with Crippen molar-refractivity contribution in [3.63, 3.8) is 0 Å². The van der Waals surface area contributed by atoms with Crippen LogP contribution in [0.2, 0.25) is 0 Å². The van der Waals surface area contributed by atoms with E-state index < -0.39 is 11.7 Å². The molecule has 9 heteroatoms. The van der Waals surface area contributed by atoms with Crippen LogP contribution in [-0.4, -0.2) is 40.1 Å². The summed E-state index contributed by atoms with van der Waals surface area (Å²) in [4.78, 5) is 18.5. The molecule has 0 unspecified atom stereocenters. The predicted octanol–water partition coefficient (Wildman–Crippen LogP) is 4.57. The number of aliphatic hydroxyl groups excluding tert-OH is 1. The zero-order chi connectivity index (χ0) is 22.7. The maximum atomic E-state index is 12.7. The Morgan fingerprint density at radius 2 is 1.84 bits per heavy atom. The Hall–Kier alpha value is -3.33. The molecule has 0 atom stereocenters. The molecule has 1 aliphatic heterocycles. The number of aliphatic hydroxyl groups is 1. The molecule has 168 valence electrons. The van der Waals surface area contributed by atoms with E-state index in [0.717, 1.165) is 12.1 Å². The number of piperidine rings is 1. The number of halogens is 3. The maximum Gasteiger partial charge on any atom is 0.416 e. The van der Waals surface area contributed by atoms with Crippen LogP contribution >= 0.6 is 0 Å². The van der Waals surface area contributed by atoms with Crippen molar-refractivity contribution in [2.45, 2.75) is 31.7 Å². The van der Waals surface area contributed by atoms with Gasteiger partial charge in [0.1, 0.15) is 17.2 Å². The van der Waals surface area contributed by atoms with Crippen LogP contribution in [0.5, 0.6) is 0 Å². The SMILES string of the molecule is O=C(c1cc(NCc2ccc(-c3ccc(C(F)(F)F)cc3)o2)ccn1)N1CCC(O)CC1. The van der Waals surface area contributed by atoms with Crippen molar-refractivity contribution in [3.8, 4) is 11.3 Å². The van der Waals surface area contributed by atoms with Crippen LogP contribution < -0.4 is 5.32 Å². The van der Waals surface area contributed by atoms with Gasteiger partial charge >= 0.3 is 6.18 Å². The van der Waals surface area contributed by atoms with Gasteiger partial charge in [-0.15, -0.1) is 0 Å². The van der Waals surface area contributed by atoms with Gasteiger partial charge < -0.3 is 19.7 Å². The third kappa shape index (κ3) is 5.11. The van der Waals surface area contributed by atoms with Gasteiger partial charge in [-0.05, 0) is 49.2 Å². The summed E-state index contributed by atoms with van der Waals surface area (Å²) in [5, 5.41) is 12.8. The van der Waals surface area contributed by atoms with Gasteiger partial charge in [0.05, 0.1) is 18.2 Å². The summed E-state index contributed by atoms with van der Waals surface area (Å²) in [6.45, 7) is 1.32. The first-order chi connectivity index (χ1) is 15.3. The van der Waals surface area contributed by atoms with Crippen molar-refractivity contribution in [1.82, 2.24) is 9.88 Å². The van der Waals surface area contributed by atoms with Crippen LogP contribution in [-0.2, 0) is 12.7 Å². The molecule has 0 aliphatic carbocycles. The van der Waals surface area contributed by atoms with Gasteiger partial charge in [-0.3, -0.25) is 9.78 Å². The number of rotatable bonds is 5. The van der Waals surface area contributed by atoms with E-state index in [1.165, 1.54) is 12.1 Å². The Kier molecular flexibility index (Phi) is 6.18. The third-order valence-corrected chi connectivity index (χ3v) is 5.36. The molecule has 3 heterocycles. The second-order valence-electron chi connectivity index (χ2n) is 7.65. The Bertz CT molecular complexity index is 1070. The normalized spacial score (nSPS) is 15.1. The first-order valence-corrected chi connectivity index (χ1v) is 10.2. The van der Waals surface area contributed by atoms with Gasteiger partial charge in [-0.2, -0.15) is 13.2 Å². The van der Waals surface area contributed by atoms with E-state index in [1.807, 2.05) is 0 Å². The Labute approximate surface area is 182 Å². The number of benzene rings is 1. The minimum atomic E-state index is -4.38. The van der Waals surface area contributed by atoms with Gasteiger partial charge in [0.2, 0.25) is 0 Å². The van der Waals surface area contributed by atoms with Crippen molar-refractivity contribution >= 4 is 11.6 Å². The van der Waals surface area contributed by atoms with E-state index >= 15 is 0 Å². The highest BCUT2D eigenvalue weighted by Gasteiger charge is 2.30. The molecule has 2 N–H and O–H groups in total. The molecule has 2 aromatic heterocycles. The Morgan fingerprint density at radius 3 is 2.53 bits per heavy atom. The van der Waals surface area contributed by atoms with Crippen LogP contribution in [0.4, 0.5) is 18.9 Å².